The van der Waals surface area contributed by atoms with E-state index in [-0.39, 0.29) is 0 Å². The number of anilines is 1. The summed E-state index contributed by atoms with van der Waals surface area (Å²) in [5.41, 5.74) is 0.0936. The summed E-state index contributed by atoms with van der Waals surface area (Å²) in [6.45, 7) is 4.41. The number of nitrogens with zero attached hydrogens (tertiary/aromatic N) is 2. The van der Waals surface area contributed by atoms with E-state index in [9.17, 15) is 22.7 Å². The Morgan fingerprint density at radius 2 is 2.17 bits per heavy atom. The summed E-state index contributed by atoms with van der Waals surface area (Å²) in [6, 6.07) is 2.57. The van der Waals surface area contributed by atoms with Crippen molar-refractivity contribution in [1.82, 2.24) is 9.62 Å². The molecule has 132 valence electrons. The second kappa shape index (κ2) is 6.21. The van der Waals surface area contributed by atoms with Crippen LogP contribution in [0.3, 0.4) is 0 Å². The number of hydrogen-bond donors (Lipinski definition) is 2. The maximum atomic E-state index is 14.4. The molecule has 2 saturated heterocycles. The van der Waals surface area contributed by atoms with Crippen molar-refractivity contribution < 1.29 is 22.7 Å². The molecular weight excluding hydrogens is 337 g/mol. The molecule has 7 nitrogen and oxygen atoms in total. The largest absolute Gasteiger partial charge is 0.506 e. The van der Waals surface area contributed by atoms with Gasteiger partial charge < -0.3 is 10.0 Å². The van der Waals surface area contributed by atoms with E-state index in [0.717, 1.165) is 26.1 Å². The fraction of sp³-hybridized carbons (Fsp3) is 0.533. The average molecular weight is 357 g/mol. The molecule has 0 radical (unpaired) electrons. The smallest absolute Gasteiger partial charge is 0.326 e. The van der Waals surface area contributed by atoms with Gasteiger partial charge in [-0.3, -0.25) is 4.79 Å². The van der Waals surface area contributed by atoms with E-state index in [1.54, 1.807) is 4.72 Å². The van der Waals surface area contributed by atoms with E-state index in [1.807, 2.05) is 0 Å². The molecule has 1 aromatic carbocycles. The van der Waals surface area contributed by atoms with Crippen molar-refractivity contribution in [3.05, 3.63) is 23.5 Å². The highest BCUT2D eigenvalue weighted by Crippen LogP contribution is 2.34. The van der Waals surface area contributed by atoms with Crippen LogP contribution in [-0.4, -0.2) is 50.5 Å². The molecule has 2 aliphatic rings. The van der Waals surface area contributed by atoms with Crippen LogP contribution in [0.1, 0.15) is 18.9 Å². The molecule has 3 rings (SSSR count). The number of carbonyl (C=O) groups excluding carboxylic acids is 1. The number of nitrogens with one attached hydrogen (secondary N) is 1. The van der Waals surface area contributed by atoms with E-state index < -0.39 is 39.9 Å². The lowest BCUT2D eigenvalue weighted by atomic mass is 10.1. The lowest BCUT2D eigenvalue weighted by Gasteiger charge is -2.19. The predicted molar refractivity (Wildman–Crippen MR) is 86.4 cm³/mol. The van der Waals surface area contributed by atoms with Gasteiger partial charge in [0.1, 0.15) is 18.0 Å². The Kier molecular flexibility index (Phi) is 4.39. The Morgan fingerprint density at radius 1 is 1.42 bits per heavy atom. The van der Waals surface area contributed by atoms with Crippen molar-refractivity contribution in [3.8, 4) is 5.75 Å². The van der Waals surface area contributed by atoms with E-state index in [1.165, 1.54) is 12.1 Å². The minimum Gasteiger partial charge on any atom is -0.506 e. The molecule has 1 amide bonds. The van der Waals surface area contributed by atoms with Gasteiger partial charge in [0, 0.05) is 13.1 Å². The van der Waals surface area contributed by atoms with Crippen LogP contribution in [0.25, 0.3) is 0 Å². The zero-order valence-corrected chi connectivity index (χ0v) is 14.1. The molecule has 2 N–H and O–H groups in total. The van der Waals surface area contributed by atoms with E-state index in [4.69, 9.17) is 0 Å². The lowest BCUT2D eigenvalue weighted by molar-refractivity contribution is -0.117. The van der Waals surface area contributed by atoms with E-state index in [2.05, 4.69) is 11.8 Å². The molecule has 1 atom stereocenters. The molecule has 1 aromatic rings. The number of carbonyl (C=O) groups is 1. The topological polar surface area (TPSA) is 89.9 Å². The van der Waals surface area contributed by atoms with E-state index in [0.29, 0.717) is 22.2 Å². The van der Waals surface area contributed by atoms with Crippen LogP contribution >= 0.6 is 0 Å². The first-order chi connectivity index (χ1) is 11.3. The normalized spacial score (nSPS) is 23.7. The molecule has 0 aliphatic carbocycles. The molecule has 0 bridgehead atoms. The fourth-order valence-corrected chi connectivity index (χ4v) is 4.36. The van der Waals surface area contributed by atoms with Gasteiger partial charge in [-0.25, -0.2) is 13.4 Å². The number of rotatable bonds is 4. The SMILES string of the molecule is C[C@H]1CCN(CCc2cc(O)c(N3CC(=O)NS3(=O)=O)c(F)c2)C1. The van der Waals surface area contributed by atoms with Crippen LogP contribution in [0, 0.1) is 11.7 Å². The lowest BCUT2D eigenvalue weighted by Crippen LogP contribution is -2.30. The first kappa shape index (κ1) is 17.0. The predicted octanol–water partition coefficient (Wildman–Crippen LogP) is 0.597. The maximum Gasteiger partial charge on any atom is 0.326 e. The highest BCUT2D eigenvalue weighted by molar-refractivity contribution is 7.92. The number of hydrogen-bond acceptors (Lipinski definition) is 5. The van der Waals surface area contributed by atoms with Crippen molar-refractivity contribution in [2.24, 2.45) is 5.92 Å². The molecule has 2 heterocycles. The van der Waals surface area contributed by atoms with Crippen molar-refractivity contribution in [3.63, 3.8) is 0 Å². The Balaban J connectivity index is 1.78. The first-order valence-corrected chi connectivity index (χ1v) is 9.27. The van der Waals surface area contributed by atoms with Crippen LogP contribution in [-0.2, 0) is 21.4 Å². The van der Waals surface area contributed by atoms with Gasteiger partial charge in [-0.15, -0.1) is 0 Å². The summed E-state index contributed by atoms with van der Waals surface area (Å²) in [5.74, 6) is -1.45. The first-order valence-electron chi connectivity index (χ1n) is 7.83. The molecule has 0 aromatic heterocycles. The van der Waals surface area contributed by atoms with Crippen LogP contribution in [0.15, 0.2) is 12.1 Å². The van der Waals surface area contributed by atoms with Crippen molar-refractivity contribution >= 4 is 21.8 Å². The van der Waals surface area contributed by atoms with Gasteiger partial charge >= 0.3 is 10.2 Å². The monoisotopic (exact) mass is 357 g/mol. The highest BCUT2D eigenvalue weighted by atomic mass is 32.2. The number of likely N-dealkylation sites (tertiary alicyclic amines) is 1. The Bertz CT molecular complexity index is 745. The molecule has 0 spiro atoms. The highest BCUT2D eigenvalue weighted by Gasteiger charge is 2.37. The zero-order chi connectivity index (χ0) is 17.5. The summed E-state index contributed by atoms with van der Waals surface area (Å²) >= 11 is 0. The standard InChI is InChI=1S/C15H20FN3O4S/c1-10-2-4-18(8-10)5-3-11-6-12(16)15(13(20)7-11)19-9-14(21)17-24(19,22)23/h6-7,10,20H,2-5,8-9H2,1H3,(H,17,21)/t10-/m0/s1. The Labute approximate surface area is 140 Å². The molecule has 0 unspecified atom stereocenters. The second-order valence-electron chi connectivity index (χ2n) is 6.43. The summed E-state index contributed by atoms with van der Waals surface area (Å²) < 4.78 is 40.3. The number of phenolic OH excluding ortho intramolecular Hbond substituents is 1. The Hall–Kier alpha value is -1.87. The molecule has 24 heavy (non-hydrogen) atoms. The van der Waals surface area contributed by atoms with Gasteiger partial charge in [0.05, 0.1) is 0 Å². The quantitative estimate of drug-likeness (QED) is 0.823. The number of phenols is 1. The van der Waals surface area contributed by atoms with Crippen molar-refractivity contribution in [1.29, 1.82) is 0 Å². The second-order valence-corrected chi connectivity index (χ2v) is 8.02. The van der Waals surface area contributed by atoms with Gasteiger partial charge in [0.25, 0.3) is 5.91 Å². The fourth-order valence-electron chi connectivity index (χ4n) is 3.19. The summed E-state index contributed by atoms with van der Waals surface area (Å²) in [6.07, 6.45) is 1.70. The molecule has 2 fully saturated rings. The van der Waals surface area contributed by atoms with Gasteiger partial charge in [-0.1, -0.05) is 6.92 Å². The van der Waals surface area contributed by atoms with Crippen LogP contribution in [0.4, 0.5) is 10.1 Å². The van der Waals surface area contributed by atoms with E-state index >= 15 is 0 Å². The van der Waals surface area contributed by atoms with Gasteiger partial charge in [-0.05, 0) is 43.0 Å². The number of benzene rings is 1. The Morgan fingerprint density at radius 3 is 2.71 bits per heavy atom. The summed E-state index contributed by atoms with van der Waals surface area (Å²) in [5, 5.41) is 10.1. The average Bonchev–Trinajstić information content (AvgIpc) is 2.99. The zero-order valence-electron chi connectivity index (χ0n) is 13.3. The number of aromatic hydroxyl groups is 1. The van der Waals surface area contributed by atoms with Crippen LogP contribution in [0.2, 0.25) is 0 Å². The van der Waals surface area contributed by atoms with Crippen molar-refractivity contribution in [2.45, 2.75) is 19.8 Å². The van der Waals surface area contributed by atoms with Gasteiger partial charge in [0.2, 0.25) is 0 Å². The molecule has 2 aliphatic heterocycles. The number of amides is 1. The minimum atomic E-state index is -4.15. The summed E-state index contributed by atoms with van der Waals surface area (Å²) in [7, 11) is -4.15. The maximum absolute atomic E-state index is 14.4. The van der Waals surface area contributed by atoms with Gasteiger partial charge in [0.15, 0.2) is 5.82 Å². The van der Waals surface area contributed by atoms with Crippen LogP contribution < -0.4 is 9.03 Å². The minimum absolute atomic E-state index is 0.486. The third kappa shape index (κ3) is 3.32. The van der Waals surface area contributed by atoms with Crippen molar-refractivity contribution in [2.75, 3.05) is 30.5 Å². The third-order valence-electron chi connectivity index (χ3n) is 4.40. The molecular formula is C15H20FN3O4S. The number of halogens is 1. The third-order valence-corrected chi connectivity index (χ3v) is 5.77. The van der Waals surface area contributed by atoms with Gasteiger partial charge in [-0.2, -0.15) is 8.42 Å². The molecule has 9 heteroatoms. The van der Waals surface area contributed by atoms with Crippen LogP contribution in [0.5, 0.6) is 5.75 Å². The molecule has 0 saturated carbocycles. The summed E-state index contributed by atoms with van der Waals surface area (Å²) in [4.78, 5) is 13.5.